The first-order valence-corrected chi connectivity index (χ1v) is 15.3. The third kappa shape index (κ3) is 6.63. The summed E-state index contributed by atoms with van der Waals surface area (Å²) in [7, 11) is 2.13. The van der Waals surface area contributed by atoms with Crippen molar-refractivity contribution in [3.8, 4) is 11.3 Å². The van der Waals surface area contributed by atoms with Crippen molar-refractivity contribution in [2.45, 2.75) is 58.4 Å². The van der Waals surface area contributed by atoms with Crippen LogP contribution in [0.5, 0.6) is 0 Å². The molecular formula is C30H41N5O5S. The number of thiazole rings is 1. The molecule has 2 aromatic rings. The first-order chi connectivity index (χ1) is 19.5. The lowest BCUT2D eigenvalue weighted by Gasteiger charge is -2.32. The number of ketones is 1. The van der Waals surface area contributed by atoms with E-state index in [2.05, 4.69) is 22.2 Å². The van der Waals surface area contributed by atoms with E-state index in [1.807, 2.05) is 45.2 Å². The van der Waals surface area contributed by atoms with E-state index in [-0.39, 0.29) is 42.3 Å². The molecule has 0 saturated carbocycles. The number of nitrogens with zero attached hydrogens (tertiary/aromatic N) is 4. The Morgan fingerprint density at radius 2 is 1.88 bits per heavy atom. The second-order valence-electron chi connectivity index (χ2n) is 12.3. The van der Waals surface area contributed by atoms with Crippen molar-refractivity contribution >= 4 is 34.1 Å². The minimum atomic E-state index is -0.790. The number of likely N-dealkylation sites (N-methyl/N-ethyl adjacent to an activating group) is 1. The average molecular weight is 584 g/mol. The van der Waals surface area contributed by atoms with Gasteiger partial charge in [0.05, 0.1) is 12.2 Å². The molecule has 5 rings (SSSR count). The Balaban J connectivity index is 1.28. The quantitative estimate of drug-likeness (QED) is 0.506. The molecular weight excluding hydrogens is 542 g/mol. The van der Waals surface area contributed by atoms with Gasteiger partial charge in [0.15, 0.2) is 10.9 Å². The predicted octanol–water partition coefficient (Wildman–Crippen LogP) is 2.68. The van der Waals surface area contributed by atoms with E-state index in [0.29, 0.717) is 18.6 Å². The van der Waals surface area contributed by atoms with E-state index in [9.17, 15) is 14.4 Å². The van der Waals surface area contributed by atoms with Crippen LogP contribution in [0.3, 0.4) is 0 Å². The third-order valence-electron chi connectivity index (χ3n) is 7.93. The molecule has 222 valence electrons. The number of ether oxygens (including phenoxy) is 2. The largest absolute Gasteiger partial charge is 0.374 e. The van der Waals surface area contributed by atoms with E-state index in [1.54, 1.807) is 28.4 Å². The molecule has 1 aromatic carbocycles. The Labute approximate surface area is 246 Å². The molecule has 1 N–H and O–H groups in total. The number of hydrogen-bond donors (Lipinski definition) is 1. The maximum Gasteiger partial charge on any atom is 0.251 e. The summed E-state index contributed by atoms with van der Waals surface area (Å²) in [5.74, 6) is -0.735. The van der Waals surface area contributed by atoms with Gasteiger partial charge >= 0.3 is 0 Å². The Morgan fingerprint density at radius 3 is 2.54 bits per heavy atom. The Bertz CT molecular complexity index is 1250. The summed E-state index contributed by atoms with van der Waals surface area (Å²) >= 11 is 1.63. The minimum absolute atomic E-state index is 0.0266. The highest BCUT2D eigenvalue weighted by atomic mass is 32.1. The Kier molecular flexibility index (Phi) is 8.79. The van der Waals surface area contributed by atoms with Gasteiger partial charge in [0, 0.05) is 49.3 Å². The maximum atomic E-state index is 13.9. The number of nitrogens with one attached hydrogen (secondary N) is 1. The minimum Gasteiger partial charge on any atom is -0.374 e. The summed E-state index contributed by atoms with van der Waals surface area (Å²) in [6.45, 7) is 12.6. The first kappa shape index (κ1) is 29.6. The van der Waals surface area contributed by atoms with Crippen molar-refractivity contribution in [2.24, 2.45) is 5.41 Å². The lowest BCUT2D eigenvalue weighted by Crippen LogP contribution is -2.53. The molecule has 4 heterocycles. The van der Waals surface area contributed by atoms with E-state index in [0.717, 1.165) is 42.6 Å². The van der Waals surface area contributed by atoms with E-state index in [1.165, 1.54) is 0 Å². The van der Waals surface area contributed by atoms with E-state index < -0.39 is 18.2 Å². The Hall–Kier alpha value is -2.86. The van der Waals surface area contributed by atoms with E-state index >= 15 is 0 Å². The molecule has 4 atom stereocenters. The zero-order valence-corrected chi connectivity index (χ0v) is 25.4. The predicted molar refractivity (Wildman–Crippen MR) is 158 cm³/mol. The standard InChI is InChI=1S/C30H41N5O5S/c1-6-39-24-16-35(25-23(36)17-40-26(24)25)28(38)21(15-30(2,3)4)31-27(37)20-9-7-19(8-10-20)22-18-41-29(32-22)34-13-11-33(5)12-14-34/h7-10,18,21,24-26H,6,11-17H2,1-5H3,(H,31,37)/t21-,24-,25+,26+/m0/s1. The second kappa shape index (κ2) is 12.2. The van der Waals surface area contributed by atoms with Gasteiger partial charge in [-0.2, -0.15) is 0 Å². The molecule has 0 radical (unpaired) electrons. The normalized spacial score (nSPS) is 24.0. The van der Waals surface area contributed by atoms with Crippen LogP contribution in [0, 0.1) is 5.41 Å². The summed E-state index contributed by atoms with van der Waals surface area (Å²) in [5.41, 5.74) is 2.04. The molecule has 11 heteroatoms. The summed E-state index contributed by atoms with van der Waals surface area (Å²) < 4.78 is 11.5. The number of anilines is 1. The summed E-state index contributed by atoms with van der Waals surface area (Å²) in [5, 5.41) is 6.03. The molecule has 0 bridgehead atoms. The van der Waals surface area contributed by atoms with Crippen molar-refractivity contribution < 1.29 is 23.9 Å². The lowest BCUT2D eigenvalue weighted by molar-refractivity contribution is -0.139. The SMILES string of the molecule is CCO[C@H]1CN(C(=O)[C@H](CC(C)(C)C)NC(=O)c2ccc(-c3csc(N4CCN(C)CC4)n3)cc2)[C@@H]2C(=O)CO[C@H]12. The van der Waals surface area contributed by atoms with Gasteiger partial charge in [0.1, 0.15) is 30.9 Å². The van der Waals surface area contributed by atoms with Crippen LogP contribution >= 0.6 is 11.3 Å². The number of Topliss-reactive ketones (excluding diaryl/α,β-unsaturated/α-hetero) is 1. The molecule has 3 fully saturated rings. The van der Waals surface area contributed by atoms with Gasteiger partial charge in [0.25, 0.3) is 5.91 Å². The summed E-state index contributed by atoms with van der Waals surface area (Å²) in [6.07, 6.45) is -0.403. The molecule has 2 amide bonds. The number of fused-ring (bicyclic) bond motifs is 1. The van der Waals surface area contributed by atoms with Gasteiger partial charge in [-0.25, -0.2) is 4.98 Å². The molecule has 10 nitrogen and oxygen atoms in total. The van der Waals surface area contributed by atoms with Crippen LogP contribution in [0.2, 0.25) is 0 Å². The fourth-order valence-corrected chi connectivity index (χ4v) is 6.67. The van der Waals surface area contributed by atoms with Crippen molar-refractivity contribution in [1.29, 1.82) is 0 Å². The molecule has 0 unspecified atom stereocenters. The average Bonchev–Trinajstić information content (AvgIpc) is 3.66. The number of rotatable bonds is 8. The van der Waals surface area contributed by atoms with Crippen molar-refractivity contribution in [2.75, 3.05) is 57.9 Å². The lowest BCUT2D eigenvalue weighted by atomic mass is 9.87. The molecule has 3 aliphatic rings. The van der Waals surface area contributed by atoms with Gasteiger partial charge in [-0.05, 0) is 37.9 Å². The van der Waals surface area contributed by atoms with E-state index in [4.69, 9.17) is 14.5 Å². The highest BCUT2D eigenvalue weighted by molar-refractivity contribution is 7.14. The first-order valence-electron chi connectivity index (χ1n) is 14.4. The molecule has 0 spiro atoms. The van der Waals surface area contributed by atoms with Gasteiger partial charge in [-0.15, -0.1) is 11.3 Å². The molecule has 1 aromatic heterocycles. The highest BCUT2D eigenvalue weighted by Crippen LogP contribution is 2.32. The molecule has 0 aliphatic carbocycles. The number of likely N-dealkylation sites (tertiary alicyclic amines) is 1. The number of carbonyl (C=O) groups is 3. The molecule has 3 aliphatic heterocycles. The number of aromatic nitrogens is 1. The van der Waals surface area contributed by atoms with Crippen LogP contribution in [0.4, 0.5) is 5.13 Å². The zero-order chi connectivity index (χ0) is 29.3. The van der Waals surface area contributed by atoms with Crippen LogP contribution in [0.15, 0.2) is 29.6 Å². The van der Waals surface area contributed by atoms with Crippen LogP contribution in [-0.2, 0) is 19.1 Å². The van der Waals surface area contributed by atoms with Crippen molar-refractivity contribution in [1.82, 2.24) is 20.1 Å². The smallest absolute Gasteiger partial charge is 0.251 e. The van der Waals surface area contributed by atoms with Gasteiger partial charge < -0.3 is 29.5 Å². The van der Waals surface area contributed by atoms with Crippen LogP contribution in [0.25, 0.3) is 11.3 Å². The number of benzene rings is 1. The van der Waals surface area contributed by atoms with Crippen LogP contribution in [0.1, 0.15) is 44.5 Å². The van der Waals surface area contributed by atoms with Crippen molar-refractivity contribution in [3.63, 3.8) is 0 Å². The van der Waals surface area contributed by atoms with Crippen molar-refractivity contribution in [3.05, 3.63) is 35.2 Å². The van der Waals surface area contributed by atoms with Gasteiger partial charge in [0.2, 0.25) is 5.91 Å². The Morgan fingerprint density at radius 1 is 1.17 bits per heavy atom. The van der Waals surface area contributed by atoms with Crippen LogP contribution in [-0.4, -0.2) is 110 Å². The molecule has 41 heavy (non-hydrogen) atoms. The number of carbonyl (C=O) groups excluding carboxylic acids is 3. The third-order valence-corrected chi connectivity index (χ3v) is 8.83. The number of amides is 2. The fourth-order valence-electron chi connectivity index (χ4n) is 5.79. The van der Waals surface area contributed by atoms with Gasteiger partial charge in [-0.1, -0.05) is 32.9 Å². The highest BCUT2D eigenvalue weighted by Gasteiger charge is 2.53. The zero-order valence-electron chi connectivity index (χ0n) is 24.6. The summed E-state index contributed by atoms with van der Waals surface area (Å²) in [6, 6.07) is 5.86. The summed E-state index contributed by atoms with van der Waals surface area (Å²) in [4.78, 5) is 50.9. The molecule has 3 saturated heterocycles. The fraction of sp³-hybridized carbons (Fsp3) is 0.600. The second-order valence-corrected chi connectivity index (χ2v) is 13.2. The topological polar surface area (TPSA) is 104 Å². The van der Waals surface area contributed by atoms with Crippen LogP contribution < -0.4 is 10.2 Å². The maximum absolute atomic E-state index is 13.9. The number of hydrogen-bond acceptors (Lipinski definition) is 9. The number of piperazine rings is 1. The van der Waals surface area contributed by atoms with Gasteiger partial charge in [-0.3, -0.25) is 14.4 Å². The monoisotopic (exact) mass is 583 g/mol.